The molecule has 0 bridgehead atoms. The number of hydrogen-bond donors (Lipinski definition) is 0. The molecule has 1 aromatic rings. The molecule has 0 atom stereocenters. The standard InChI is InChI=1S/C9H9BrClNO2/c1-6-8(11)4-7(2-3-10)5-9(6)12(13)14/h4-5H,2-3H2,1H3. The summed E-state index contributed by atoms with van der Waals surface area (Å²) in [4.78, 5) is 10.3. The minimum atomic E-state index is -0.404. The topological polar surface area (TPSA) is 43.1 Å². The molecule has 0 heterocycles. The molecule has 0 aliphatic rings. The first-order valence-electron chi connectivity index (χ1n) is 4.05. The van der Waals surface area contributed by atoms with Gasteiger partial charge in [-0.3, -0.25) is 10.1 Å². The van der Waals surface area contributed by atoms with Crippen LogP contribution in [0.3, 0.4) is 0 Å². The first kappa shape index (κ1) is 11.5. The third-order valence-corrected chi connectivity index (χ3v) is 2.75. The molecule has 1 rings (SSSR count). The van der Waals surface area contributed by atoms with Gasteiger partial charge in [-0.15, -0.1) is 0 Å². The Hall–Kier alpha value is -0.610. The van der Waals surface area contributed by atoms with Gasteiger partial charge in [0.15, 0.2) is 0 Å². The van der Waals surface area contributed by atoms with Crippen molar-refractivity contribution in [3.8, 4) is 0 Å². The second-order valence-electron chi connectivity index (χ2n) is 2.92. The molecule has 0 fully saturated rings. The number of halogens is 2. The monoisotopic (exact) mass is 277 g/mol. The van der Waals surface area contributed by atoms with Gasteiger partial charge in [-0.2, -0.15) is 0 Å². The second kappa shape index (κ2) is 4.75. The van der Waals surface area contributed by atoms with Gasteiger partial charge in [-0.05, 0) is 25.0 Å². The maximum atomic E-state index is 10.7. The zero-order chi connectivity index (χ0) is 10.7. The van der Waals surface area contributed by atoms with Crippen LogP contribution in [0, 0.1) is 17.0 Å². The molecule has 76 valence electrons. The van der Waals surface area contributed by atoms with Gasteiger partial charge in [0.1, 0.15) is 0 Å². The lowest BCUT2D eigenvalue weighted by Gasteiger charge is -2.03. The fourth-order valence-electron chi connectivity index (χ4n) is 1.16. The van der Waals surface area contributed by atoms with E-state index in [1.807, 2.05) is 0 Å². The van der Waals surface area contributed by atoms with Crippen molar-refractivity contribution in [3.05, 3.63) is 38.4 Å². The first-order chi connectivity index (χ1) is 6.56. The van der Waals surface area contributed by atoms with Crippen molar-refractivity contribution in [2.75, 3.05) is 5.33 Å². The molecule has 0 saturated carbocycles. The smallest absolute Gasteiger partial charge is 0.258 e. The third kappa shape index (κ3) is 2.45. The Morgan fingerprint density at radius 1 is 1.57 bits per heavy atom. The van der Waals surface area contributed by atoms with E-state index in [9.17, 15) is 10.1 Å². The summed E-state index contributed by atoms with van der Waals surface area (Å²) in [6.45, 7) is 1.65. The van der Waals surface area contributed by atoms with Crippen molar-refractivity contribution < 1.29 is 4.92 Å². The van der Waals surface area contributed by atoms with Crippen LogP contribution in [-0.4, -0.2) is 10.3 Å². The van der Waals surface area contributed by atoms with E-state index in [1.165, 1.54) is 0 Å². The molecule has 5 heteroatoms. The maximum Gasteiger partial charge on any atom is 0.274 e. The quantitative estimate of drug-likeness (QED) is 0.482. The Balaban J connectivity index is 3.21. The van der Waals surface area contributed by atoms with E-state index in [4.69, 9.17) is 11.6 Å². The van der Waals surface area contributed by atoms with Crippen molar-refractivity contribution in [1.82, 2.24) is 0 Å². The van der Waals surface area contributed by atoms with Gasteiger partial charge in [0, 0.05) is 17.0 Å². The molecule has 0 aliphatic carbocycles. The molecular weight excluding hydrogens is 269 g/mol. The highest BCUT2D eigenvalue weighted by Gasteiger charge is 2.14. The lowest BCUT2D eigenvalue weighted by molar-refractivity contribution is -0.385. The van der Waals surface area contributed by atoms with E-state index >= 15 is 0 Å². The van der Waals surface area contributed by atoms with E-state index in [-0.39, 0.29) is 5.69 Å². The molecule has 0 spiro atoms. The summed E-state index contributed by atoms with van der Waals surface area (Å²) < 4.78 is 0. The molecule has 0 amide bonds. The van der Waals surface area contributed by atoms with Crippen LogP contribution < -0.4 is 0 Å². The van der Waals surface area contributed by atoms with E-state index in [0.29, 0.717) is 10.6 Å². The van der Waals surface area contributed by atoms with Crippen molar-refractivity contribution in [1.29, 1.82) is 0 Å². The van der Waals surface area contributed by atoms with E-state index in [0.717, 1.165) is 17.3 Å². The number of nitrogens with zero attached hydrogens (tertiary/aromatic N) is 1. The van der Waals surface area contributed by atoms with Gasteiger partial charge < -0.3 is 0 Å². The molecular formula is C9H9BrClNO2. The molecule has 3 nitrogen and oxygen atoms in total. The summed E-state index contributed by atoms with van der Waals surface area (Å²) >= 11 is 9.16. The maximum absolute atomic E-state index is 10.7. The third-order valence-electron chi connectivity index (χ3n) is 1.96. The minimum absolute atomic E-state index is 0.0912. The second-order valence-corrected chi connectivity index (χ2v) is 4.12. The number of hydrogen-bond acceptors (Lipinski definition) is 2. The van der Waals surface area contributed by atoms with Gasteiger partial charge in [0.05, 0.1) is 9.95 Å². The zero-order valence-corrected chi connectivity index (χ0v) is 9.93. The summed E-state index contributed by atoms with van der Waals surface area (Å²) in [5, 5.41) is 11.9. The van der Waals surface area contributed by atoms with Crippen LogP contribution in [0.1, 0.15) is 11.1 Å². The van der Waals surface area contributed by atoms with Crippen LogP contribution in [-0.2, 0) is 6.42 Å². The molecule has 0 aromatic heterocycles. The van der Waals surface area contributed by atoms with Crippen LogP contribution >= 0.6 is 27.5 Å². The molecule has 1 aromatic carbocycles. The van der Waals surface area contributed by atoms with Gasteiger partial charge in [0.25, 0.3) is 5.69 Å². The summed E-state index contributed by atoms with van der Waals surface area (Å²) in [5.74, 6) is 0. The highest BCUT2D eigenvalue weighted by atomic mass is 79.9. The number of benzene rings is 1. The SMILES string of the molecule is Cc1c(Cl)cc(CCBr)cc1[N+](=O)[O-]. The Morgan fingerprint density at radius 2 is 2.21 bits per heavy atom. The van der Waals surface area contributed by atoms with Crippen molar-refractivity contribution in [2.24, 2.45) is 0 Å². The minimum Gasteiger partial charge on any atom is -0.258 e. The number of aryl methyl sites for hydroxylation is 1. The Morgan fingerprint density at radius 3 is 2.71 bits per heavy atom. The van der Waals surface area contributed by atoms with Crippen LogP contribution in [0.25, 0.3) is 0 Å². The molecule has 14 heavy (non-hydrogen) atoms. The average Bonchev–Trinajstić information content (AvgIpc) is 2.11. The fourth-order valence-corrected chi connectivity index (χ4v) is 1.86. The number of rotatable bonds is 3. The van der Waals surface area contributed by atoms with Crippen molar-refractivity contribution in [2.45, 2.75) is 13.3 Å². The summed E-state index contributed by atoms with van der Waals surface area (Å²) in [5.41, 5.74) is 1.49. The van der Waals surface area contributed by atoms with E-state index in [1.54, 1.807) is 19.1 Å². The predicted octanol–water partition coefficient (Wildman–Crippen LogP) is 3.49. The molecule has 0 unspecified atom stereocenters. The Bertz CT molecular complexity index is 368. The number of nitro benzene ring substituents is 1. The van der Waals surface area contributed by atoms with Crippen LogP contribution in [0.15, 0.2) is 12.1 Å². The zero-order valence-electron chi connectivity index (χ0n) is 7.59. The van der Waals surface area contributed by atoms with E-state index in [2.05, 4.69) is 15.9 Å². The molecule has 0 aliphatic heterocycles. The fraction of sp³-hybridized carbons (Fsp3) is 0.333. The molecule has 0 saturated heterocycles. The van der Waals surface area contributed by atoms with Gasteiger partial charge >= 0.3 is 0 Å². The van der Waals surface area contributed by atoms with Gasteiger partial charge in [0.2, 0.25) is 0 Å². The van der Waals surface area contributed by atoms with Gasteiger partial charge in [-0.25, -0.2) is 0 Å². The summed E-state index contributed by atoms with van der Waals surface area (Å²) in [6.07, 6.45) is 0.737. The highest BCUT2D eigenvalue weighted by Crippen LogP contribution is 2.27. The number of nitro groups is 1. The van der Waals surface area contributed by atoms with Crippen molar-refractivity contribution in [3.63, 3.8) is 0 Å². The van der Waals surface area contributed by atoms with Crippen LogP contribution in [0.5, 0.6) is 0 Å². The summed E-state index contributed by atoms with van der Waals surface area (Å²) in [7, 11) is 0. The lowest BCUT2D eigenvalue weighted by atomic mass is 10.1. The number of alkyl halides is 1. The highest BCUT2D eigenvalue weighted by molar-refractivity contribution is 9.09. The van der Waals surface area contributed by atoms with E-state index < -0.39 is 4.92 Å². The normalized spacial score (nSPS) is 10.2. The van der Waals surface area contributed by atoms with Gasteiger partial charge in [-0.1, -0.05) is 27.5 Å². The first-order valence-corrected chi connectivity index (χ1v) is 5.55. The summed E-state index contributed by atoms with van der Waals surface area (Å²) in [6, 6.07) is 3.34. The largest absolute Gasteiger partial charge is 0.274 e. The average molecular weight is 279 g/mol. The van der Waals surface area contributed by atoms with Crippen LogP contribution in [0.4, 0.5) is 5.69 Å². The Labute approximate surface area is 95.4 Å². The van der Waals surface area contributed by atoms with Crippen LogP contribution in [0.2, 0.25) is 5.02 Å². The Kier molecular flexibility index (Phi) is 3.89. The lowest BCUT2D eigenvalue weighted by Crippen LogP contribution is -1.95. The predicted molar refractivity (Wildman–Crippen MR) is 60.3 cm³/mol. The van der Waals surface area contributed by atoms with Crippen molar-refractivity contribution >= 4 is 33.2 Å². The molecule has 0 N–H and O–H groups in total. The molecule has 0 radical (unpaired) electrons.